The molecule has 1 heterocycles. The van der Waals surface area contributed by atoms with Crippen LogP contribution in [0.1, 0.15) is 30.1 Å². The number of benzene rings is 1. The molecule has 2 rings (SSSR count). The van der Waals surface area contributed by atoms with Crippen molar-refractivity contribution in [1.29, 1.82) is 0 Å². The molecule has 0 saturated carbocycles. The van der Waals surface area contributed by atoms with Crippen LogP contribution in [0.25, 0.3) is 0 Å². The Morgan fingerprint density at radius 3 is 3.00 bits per heavy atom. The van der Waals surface area contributed by atoms with Crippen molar-refractivity contribution in [2.24, 2.45) is 5.92 Å². The van der Waals surface area contributed by atoms with Crippen LogP contribution in [-0.2, 0) is 4.74 Å². The van der Waals surface area contributed by atoms with E-state index in [1.807, 2.05) is 25.1 Å². The maximum atomic E-state index is 11.7. The molecule has 1 N–H and O–H groups in total. The lowest BCUT2D eigenvalue weighted by molar-refractivity contribution is 0.0693. The van der Waals surface area contributed by atoms with Gasteiger partial charge in [0.15, 0.2) is 0 Å². The molecule has 1 aliphatic rings. The molecule has 1 fully saturated rings. The zero-order chi connectivity index (χ0) is 15.2. The molecule has 0 bridgehead atoms. The number of hydrogen-bond donors (Lipinski definition) is 1. The lowest BCUT2D eigenvalue weighted by Crippen LogP contribution is -2.38. The van der Waals surface area contributed by atoms with E-state index in [0.29, 0.717) is 11.5 Å². The van der Waals surface area contributed by atoms with Gasteiger partial charge in [-0.3, -0.25) is 0 Å². The monoisotopic (exact) mass is 309 g/mol. The highest BCUT2D eigenvalue weighted by Gasteiger charge is 2.25. The molecule has 0 aromatic heterocycles. The second kappa shape index (κ2) is 7.71. The van der Waals surface area contributed by atoms with Gasteiger partial charge in [-0.15, -0.1) is 11.8 Å². The summed E-state index contributed by atoms with van der Waals surface area (Å²) in [5, 5.41) is 9.61. The van der Waals surface area contributed by atoms with Crippen LogP contribution in [0.4, 0.5) is 5.69 Å². The number of carboxylic acid groups (broad SMARTS) is 1. The molecule has 5 heteroatoms. The number of methoxy groups -OCH3 is 1. The number of carboxylic acids is 1. The van der Waals surface area contributed by atoms with E-state index in [-0.39, 0.29) is 0 Å². The molecule has 4 nitrogen and oxygen atoms in total. The van der Waals surface area contributed by atoms with E-state index in [2.05, 4.69) is 4.90 Å². The molecule has 1 unspecified atom stereocenters. The Balaban J connectivity index is 2.29. The Kier molecular flexibility index (Phi) is 5.94. The maximum absolute atomic E-state index is 11.7. The van der Waals surface area contributed by atoms with Crippen molar-refractivity contribution in [2.45, 2.75) is 24.7 Å². The number of hydrogen-bond acceptors (Lipinski definition) is 4. The Morgan fingerprint density at radius 2 is 2.33 bits per heavy atom. The minimum Gasteiger partial charge on any atom is -0.478 e. The summed E-state index contributed by atoms with van der Waals surface area (Å²) in [5.74, 6) is 0.513. The van der Waals surface area contributed by atoms with Crippen LogP contribution in [0.2, 0.25) is 0 Å². The number of nitrogens with zero attached hydrogens (tertiary/aromatic N) is 1. The fraction of sp³-hybridized carbons (Fsp3) is 0.562. The average Bonchev–Trinajstić information content (AvgIpc) is 2.48. The van der Waals surface area contributed by atoms with Crippen LogP contribution < -0.4 is 4.90 Å². The third kappa shape index (κ3) is 3.92. The largest absolute Gasteiger partial charge is 0.478 e. The molecule has 1 aromatic rings. The van der Waals surface area contributed by atoms with Gasteiger partial charge in [-0.25, -0.2) is 4.79 Å². The minimum atomic E-state index is -0.838. The van der Waals surface area contributed by atoms with Gasteiger partial charge >= 0.3 is 5.97 Å². The van der Waals surface area contributed by atoms with Gasteiger partial charge in [0, 0.05) is 25.1 Å². The number of anilines is 1. The highest BCUT2D eigenvalue weighted by molar-refractivity contribution is 7.99. The Labute approximate surface area is 130 Å². The van der Waals surface area contributed by atoms with E-state index in [9.17, 15) is 9.90 Å². The summed E-state index contributed by atoms with van der Waals surface area (Å²) in [6.07, 6.45) is 2.23. The fourth-order valence-electron chi connectivity index (χ4n) is 2.93. The van der Waals surface area contributed by atoms with Crippen LogP contribution >= 0.6 is 11.8 Å². The van der Waals surface area contributed by atoms with Crippen molar-refractivity contribution in [1.82, 2.24) is 0 Å². The van der Waals surface area contributed by atoms with E-state index in [0.717, 1.165) is 48.9 Å². The number of piperidine rings is 1. The van der Waals surface area contributed by atoms with E-state index in [1.54, 1.807) is 18.9 Å². The summed E-state index contributed by atoms with van der Waals surface area (Å²) in [6, 6.07) is 5.79. The van der Waals surface area contributed by atoms with Crippen LogP contribution in [0.15, 0.2) is 23.1 Å². The lowest BCUT2D eigenvalue weighted by Gasteiger charge is -2.35. The van der Waals surface area contributed by atoms with Crippen LogP contribution in [0.3, 0.4) is 0 Å². The van der Waals surface area contributed by atoms with Gasteiger partial charge in [-0.05, 0) is 36.6 Å². The quantitative estimate of drug-likeness (QED) is 0.817. The first kappa shape index (κ1) is 16.2. The third-order valence-electron chi connectivity index (χ3n) is 3.78. The lowest BCUT2D eigenvalue weighted by atomic mass is 9.97. The van der Waals surface area contributed by atoms with Crippen LogP contribution in [0.5, 0.6) is 0 Å². The zero-order valence-corrected chi connectivity index (χ0v) is 13.5. The van der Waals surface area contributed by atoms with E-state index in [1.165, 1.54) is 0 Å². The van der Waals surface area contributed by atoms with E-state index >= 15 is 0 Å². The summed E-state index contributed by atoms with van der Waals surface area (Å²) in [7, 11) is 1.72. The molecule has 1 aliphatic heterocycles. The molecule has 1 atom stereocenters. The SMILES string of the molecule is CCSc1cccc(N2CCCC(COC)C2)c1C(=O)O. The maximum Gasteiger partial charge on any atom is 0.338 e. The van der Waals surface area contributed by atoms with Crippen molar-refractivity contribution in [2.75, 3.05) is 37.5 Å². The molecule has 0 radical (unpaired) electrons. The summed E-state index contributed by atoms with van der Waals surface area (Å²) >= 11 is 1.59. The minimum absolute atomic E-state index is 0.447. The summed E-state index contributed by atoms with van der Waals surface area (Å²) < 4.78 is 5.26. The number of carbonyl (C=O) groups is 1. The highest BCUT2D eigenvalue weighted by Crippen LogP contribution is 2.33. The van der Waals surface area contributed by atoms with Gasteiger partial charge in [-0.2, -0.15) is 0 Å². The van der Waals surface area contributed by atoms with Crippen molar-refractivity contribution in [3.05, 3.63) is 23.8 Å². The summed E-state index contributed by atoms with van der Waals surface area (Å²) in [4.78, 5) is 14.8. The highest BCUT2D eigenvalue weighted by atomic mass is 32.2. The predicted molar refractivity (Wildman–Crippen MR) is 86.6 cm³/mol. The van der Waals surface area contributed by atoms with Gasteiger partial charge in [0.25, 0.3) is 0 Å². The van der Waals surface area contributed by atoms with Crippen molar-refractivity contribution < 1.29 is 14.6 Å². The second-order valence-electron chi connectivity index (χ2n) is 5.30. The first-order chi connectivity index (χ1) is 10.2. The van der Waals surface area contributed by atoms with Crippen LogP contribution in [-0.4, -0.2) is 43.6 Å². The molecule has 0 aliphatic carbocycles. The molecule has 0 spiro atoms. The van der Waals surface area contributed by atoms with E-state index < -0.39 is 5.97 Å². The number of rotatable bonds is 6. The molecule has 116 valence electrons. The normalized spacial score (nSPS) is 18.8. The molecule has 1 saturated heterocycles. The Hall–Kier alpha value is -1.20. The Morgan fingerprint density at radius 1 is 1.52 bits per heavy atom. The van der Waals surface area contributed by atoms with Crippen molar-refractivity contribution in [3.8, 4) is 0 Å². The summed E-state index contributed by atoms with van der Waals surface area (Å²) in [6.45, 7) is 4.57. The standard InChI is InChI=1S/C16H23NO3S/c1-3-21-14-8-4-7-13(15(14)16(18)19)17-9-5-6-12(10-17)11-20-2/h4,7-8,12H,3,5-6,9-11H2,1-2H3,(H,18,19). The van der Waals surface area contributed by atoms with Crippen molar-refractivity contribution in [3.63, 3.8) is 0 Å². The fourth-order valence-corrected chi connectivity index (χ4v) is 3.75. The number of thioether (sulfide) groups is 1. The van der Waals surface area contributed by atoms with E-state index in [4.69, 9.17) is 4.74 Å². The molecule has 21 heavy (non-hydrogen) atoms. The van der Waals surface area contributed by atoms with Gasteiger partial charge in [0.05, 0.1) is 17.9 Å². The smallest absolute Gasteiger partial charge is 0.338 e. The van der Waals surface area contributed by atoms with Gasteiger partial charge in [0.1, 0.15) is 0 Å². The summed E-state index contributed by atoms with van der Waals surface area (Å²) in [5.41, 5.74) is 1.30. The second-order valence-corrected chi connectivity index (χ2v) is 6.60. The Bertz CT molecular complexity index is 490. The average molecular weight is 309 g/mol. The van der Waals surface area contributed by atoms with Gasteiger partial charge in [0.2, 0.25) is 0 Å². The molecule has 1 aromatic carbocycles. The first-order valence-electron chi connectivity index (χ1n) is 7.40. The van der Waals surface area contributed by atoms with Gasteiger partial charge < -0.3 is 14.7 Å². The number of aromatic carboxylic acids is 1. The molecular formula is C16H23NO3S. The van der Waals surface area contributed by atoms with Crippen molar-refractivity contribution >= 4 is 23.4 Å². The topological polar surface area (TPSA) is 49.8 Å². The van der Waals surface area contributed by atoms with Crippen LogP contribution in [0, 0.1) is 5.92 Å². The zero-order valence-electron chi connectivity index (χ0n) is 12.7. The first-order valence-corrected chi connectivity index (χ1v) is 8.38. The third-order valence-corrected chi connectivity index (χ3v) is 4.72. The molecule has 0 amide bonds. The number of ether oxygens (including phenoxy) is 1. The van der Waals surface area contributed by atoms with Gasteiger partial charge in [-0.1, -0.05) is 13.0 Å². The predicted octanol–water partition coefficient (Wildman–Crippen LogP) is 3.36. The molecular weight excluding hydrogens is 286 g/mol.